The summed E-state index contributed by atoms with van der Waals surface area (Å²) >= 11 is 7.44. The van der Waals surface area contributed by atoms with E-state index < -0.39 is 0 Å². The quantitative estimate of drug-likeness (QED) is 0.551. The van der Waals surface area contributed by atoms with Crippen LogP contribution in [0.1, 0.15) is 10.5 Å². The van der Waals surface area contributed by atoms with Gasteiger partial charge in [-0.3, -0.25) is 4.79 Å². The van der Waals surface area contributed by atoms with Gasteiger partial charge in [-0.25, -0.2) is 14.6 Å². The lowest BCUT2D eigenvalue weighted by atomic mass is 10.2. The van der Waals surface area contributed by atoms with Crippen molar-refractivity contribution >= 4 is 34.5 Å². The number of anilines is 1. The van der Waals surface area contributed by atoms with Crippen LogP contribution in [0.5, 0.6) is 0 Å². The maximum absolute atomic E-state index is 12.1. The number of hydrogen-bond acceptors (Lipinski definition) is 5. The van der Waals surface area contributed by atoms with Crippen molar-refractivity contribution in [1.29, 1.82) is 0 Å². The molecule has 1 amide bonds. The number of rotatable bonds is 4. The number of hydrogen-bond donors (Lipinski definition) is 1. The molecule has 0 aliphatic carbocycles. The maximum atomic E-state index is 12.1. The van der Waals surface area contributed by atoms with Crippen LogP contribution in [-0.4, -0.2) is 25.7 Å². The van der Waals surface area contributed by atoms with Crippen molar-refractivity contribution in [2.45, 2.75) is 0 Å². The number of amides is 1. The molecule has 0 spiro atoms. The largest absolute Gasteiger partial charge is 0.321 e. The molecule has 0 saturated heterocycles. The molecule has 4 aromatic rings. The second kappa shape index (κ2) is 7.30. The summed E-state index contributed by atoms with van der Waals surface area (Å²) in [6, 6.07) is 14.9. The number of carbonyl (C=O) groups is 1. The molecule has 0 saturated carbocycles. The zero-order valence-electron chi connectivity index (χ0n) is 14.3. The normalized spacial score (nSPS) is 10.7. The lowest BCUT2D eigenvalue weighted by Crippen LogP contribution is -2.11. The van der Waals surface area contributed by atoms with Gasteiger partial charge in [-0.2, -0.15) is 5.10 Å². The molecule has 2 heterocycles. The molecule has 134 valence electrons. The van der Waals surface area contributed by atoms with E-state index in [0.29, 0.717) is 22.2 Å². The number of nitrogens with one attached hydrogen (secondary N) is 1. The minimum Gasteiger partial charge on any atom is -0.321 e. The van der Waals surface area contributed by atoms with Gasteiger partial charge in [-0.15, -0.1) is 11.3 Å². The van der Waals surface area contributed by atoms with Crippen molar-refractivity contribution in [3.05, 3.63) is 70.1 Å². The first-order valence-corrected chi connectivity index (χ1v) is 9.39. The first-order valence-electron chi connectivity index (χ1n) is 8.07. The molecule has 2 aromatic carbocycles. The second-order valence-corrected chi connectivity index (χ2v) is 6.95. The summed E-state index contributed by atoms with van der Waals surface area (Å²) in [5.41, 5.74) is 4.47. The Morgan fingerprint density at radius 3 is 2.67 bits per heavy atom. The third kappa shape index (κ3) is 3.74. The number of aromatic nitrogens is 4. The predicted octanol–water partition coefficient (Wildman–Crippen LogP) is 4.51. The van der Waals surface area contributed by atoms with Crippen LogP contribution in [0.3, 0.4) is 0 Å². The van der Waals surface area contributed by atoms with Crippen LogP contribution in [0.25, 0.3) is 22.8 Å². The summed E-state index contributed by atoms with van der Waals surface area (Å²) in [6.07, 6.45) is 0. The number of aryl methyl sites for hydroxylation is 1. The SMILES string of the molecule is Cn1nc(-c2cccc(Cl)c2)nc1-c1ccc(NC(=O)c2cscn2)cc1. The Kier molecular flexibility index (Phi) is 4.70. The number of halogens is 1. The van der Waals surface area contributed by atoms with E-state index in [1.54, 1.807) is 15.6 Å². The van der Waals surface area contributed by atoms with Gasteiger partial charge in [-0.05, 0) is 36.4 Å². The second-order valence-electron chi connectivity index (χ2n) is 5.80. The summed E-state index contributed by atoms with van der Waals surface area (Å²) in [5.74, 6) is 1.10. The Balaban J connectivity index is 1.56. The minimum absolute atomic E-state index is 0.231. The number of carbonyl (C=O) groups excluding carboxylic acids is 1. The summed E-state index contributed by atoms with van der Waals surface area (Å²) in [4.78, 5) is 20.7. The molecule has 0 aliphatic rings. The van der Waals surface area contributed by atoms with Gasteiger partial charge >= 0.3 is 0 Å². The van der Waals surface area contributed by atoms with E-state index in [-0.39, 0.29) is 5.91 Å². The van der Waals surface area contributed by atoms with Gasteiger partial charge < -0.3 is 5.32 Å². The van der Waals surface area contributed by atoms with Crippen molar-refractivity contribution in [2.75, 3.05) is 5.32 Å². The standard InChI is InChI=1S/C19H14ClN5OS/c1-25-18(23-17(24-25)13-3-2-4-14(20)9-13)12-5-7-15(8-6-12)22-19(26)16-10-27-11-21-16/h2-11H,1H3,(H,22,26). The monoisotopic (exact) mass is 395 g/mol. The molecule has 4 rings (SSSR count). The Hall–Kier alpha value is -3.03. The van der Waals surface area contributed by atoms with E-state index in [1.165, 1.54) is 11.3 Å². The lowest BCUT2D eigenvalue weighted by Gasteiger charge is -2.05. The van der Waals surface area contributed by atoms with Crippen molar-refractivity contribution in [2.24, 2.45) is 7.05 Å². The van der Waals surface area contributed by atoms with Crippen LogP contribution >= 0.6 is 22.9 Å². The fraction of sp³-hybridized carbons (Fsp3) is 0.0526. The summed E-state index contributed by atoms with van der Waals surface area (Å²) in [5, 5.41) is 9.65. The Labute approximate surface area is 164 Å². The van der Waals surface area contributed by atoms with Gasteiger partial charge in [0, 0.05) is 34.3 Å². The molecule has 6 nitrogen and oxygen atoms in total. The van der Waals surface area contributed by atoms with Crippen molar-refractivity contribution in [3.8, 4) is 22.8 Å². The highest BCUT2D eigenvalue weighted by molar-refractivity contribution is 7.07. The predicted molar refractivity (Wildman–Crippen MR) is 107 cm³/mol. The Morgan fingerprint density at radius 1 is 1.15 bits per heavy atom. The average molecular weight is 396 g/mol. The maximum Gasteiger partial charge on any atom is 0.275 e. The molecule has 27 heavy (non-hydrogen) atoms. The molecule has 0 radical (unpaired) electrons. The smallest absolute Gasteiger partial charge is 0.275 e. The van der Waals surface area contributed by atoms with Crippen molar-refractivity contribution in [3.63, 3.8) is 0 Å². The highest BCUT2D eigenvalue weighted by atomic mass is 35.5. The van der Waals surface area contributed by atoms with E-state index in [4.69, 9.17) is 11.6 Å². The summed E-state index contributed by atoms with van der Waals surface area (Å²) in [6.45, 7) is 0. The third-order valence-electron chi connectivity index (χ3n) is 3.91. The van der Waals surface area contributed by atoms with E-state index in [0.717, 1.165) is 17.0 Å². The molecule has 0 fully saturated rings. The highest BCUT2D eigenvalue weighted by Gasteiger charge is 2.12. The number of thiazole rings is 1. The zero-order valence-corrected chi connectivity index (χ0v) is 15.8. The Bertz CT molecular complexity index is 1090. The summed E-state index contributed by atoms with van der Waals surface area (Å²) in [7, 11) is 1.84. The molecule has 0 unspecified atom stereocenters. The fourth-order valence-corrected chi connectivity index (χ4v) is 3.33. The molecule has 2 aromatic heterocycles. The fourth-order valence-electron chi connectivity index (χ4n) is 2.61. The van der Waals surface area contributed by atoms with E-state index >= 15 is 0 Å². The average Bonchev–Trinajstić information content (AvgIpc) is 3.32. The molecular formula is C19H14ClN5OS. The first kappa shape index (κ1) is 17.4. The van der Waals surface area contributed by atoms with E-state index in [9.17, 15) is 4.79 Å². The van der Waals surface area contributed by atoms with E-state index in [2.05, 4.69) is 20.4 Å². The van der Waals surface area contributed by atoms with Gasteiger partial charge in [0.15, 0.2) is 11.6 Å². The van der Waals surface area contributed by atoms with Gasteiger partial charge in [0.2, 0.25) is 0 Å². The van der Waals surface area contributed by atoms with Gasteiger partial charge in [0.1, 0.15) is 5.69 Å². The van der Waals surface area contributed by atoms with Crippen LogP contribution in [0, 0.1) is 0 Å². The first-order chi connectivity index (χ1) is 13.1. The van der Waals surface area contributed by atoms with Crippen LogP contribution in [0.2, 0.25) is 5.02 Å². The van der Waals surface area contributed by atoms with Gasteiger partial charge in [0.25, 0.3) is 5.91 Å². The third-order valence-corrected chi connectivity index (χ3v) is 4.73. The molecular weight excluding hydrogens is 382 g/mol. The number of benzene rings is 2. The van der Waals surface area contributed by atoms with Gasteiger partial charge in [-0.1, -0.05) is 23.7 Å². The van der Waals surface area contributed by atoms with Crippen LogP contribution in [0.15, 0.2) is 59.4 Å². The minimum atomic E-state index is -0.231. The molecule has 1 N–H and O–H groups in total. The molecule has 0 aliphatic heterocycles. The van der Waals surface area contributed by atoms with Crippen molar-refractivity contribution < 1.29 is 4.79 Å². The topological polar surface area (TPSA) is 72.7 Å². The van der Waals surface area contributed by atoms with Crippen molar-refractivity contribution in [1.82, 2.24) is 19.7 Å². The zero-order chi connectivity index (χ0) is 18.8. The highest BCUT2D eigenvalue weighted by Crippen LogP contribution is 2.25. The molecule has 8 heteroatoms. The lowest BCUT2D eigenvalue weighted by molar-refractivity contribution is 0.102. The van der Waals surface area contributed by atoms with E-state index in [1.807, 2.05) is 55.6 Å². The van der Waals surface area contributed by atoms with Crippen LogP contribution in [-0.2, 0) is 7.05 Å². The van der Waals surface area contributed by atoms with Gasteiger partial charge in [0.05, 0.1) is 5.51 Å². The molecule has 0 bridgehead atoms. The Morgan fingerprint density at radius 2 is 1.96 bits per heavy atom. The number of nitrogens with zero attached hydrogens (tertiary/aromatic N) is 4. The summed E-state index contributed by atoms with van der Waals surface area (Å²) < 4.78 is 1.72. The van der Waals surface area contributed by atoms with Crippen LogP contribution in [0.4, 0.5) is 5.69 Å². The molecule has 0 atom stereocenters. The van der Waals surface area contributed by atoms with Crippen LogP contribution < -0.4 is 5.32 Å².